The molecule has 2 aromatic carbocycles. The second kappa shape index (κ2) is 8.34. The third-order valence-electron chi connectivity index (χ3n) is 3.81. The van der Waals surface area contributed by atoms with Crippen LogP contribution in [0.15, 0.2) is 60.7 Å². The van der Waals surface area contributed by atoms with Crippen LogP contribution in [-0.2, 0) is 4.79 Å². The Labute approximate surface area is 137 Å². The van der Waals surface area contributed by atoms with Gasteiger partial charge in [-0.15, -0.1) is 0 Å². The molecule has 1 amide bonds. The number of ether oxygens (including phenoxy) is 1. The molecule has 0 saturated heterocycles. The first-order valence-corrected chi connectivity index (χ1v) is 7.77. The number of hydrogen-bond acceptors (Lipinski definition) is 3. The van der Waals surface area contributed by atoms with Gasteiger partial charge in [0.2, 0.25) is 0 Å². The minimum atomic E-state index is -0.590. The molecule has 0 fully saturated rings. The molecule has 0 aromatic heterocycles. The summed E-state index contributed by atoms with van der Waals surface area (Å²) in [5, 5.41) is 9.33. The molecule has 0 aliphatic heterocycles. The van der Waals surface area contributed by atoms with Crippen LogP contribution in [0.1, 0.15) is 24.9 Å². The zero-order valence-electron chi connectivity index (χ0n) is 13.6. The molecule has 0 saturated carbocycles. The van der Waals surface area contributed by atoms with Crippen molar-refractivity contribution in [2.45, 2.75) is 25.5 Å². The molecule has 0 aliphatic rings. The van der Waals surface area contributed by atoms with Crippen LogP contribution < -0.4 is 4.74 Å². The molecule has 122 valence electrons. The molecular formula is C19H23NO3. The fourth-order valence-electron chi connectivity index (χ4n) is 2.58. The van der Waals surface area contributed by atoms with Crippen molar-refractivity contribution in [1.29, 1.82) is 0 Å². The van der Waals surface area contributed by atoms with Crippen LogP contribution in [0.5, 0.6) is 5.75 Å². The van der Waals surface area contributed by atoms with Gasteiger partial charge in [-0.2, -0.15) is 0 Å². The highest BCUT2D eigenvalue weighted by molar-refractivity contribution is 5.81. The fraction of sp³-hybridized carbons (Fsp3) is 0.316. The molecule has 1 N–H and O–H groups in total. The van der Waals surface area contributed by atoms with Gasteiger partial charge in [-0.25, -0.2) is 0 Å². The van der Waals surface area contributed by atoms with Crippen LogP contribution in [-0.4, -0.2) is 35.7 Å². The minimum Gasteiger partial charge on any atom is -0.481 e. The first-order chi connectivity index (χ1) is 11.1. The van der Waals surface area contributed by atoms with E-state index in [9.17, 15) is 9.90 Å². The van der Waals surface area contributed by atoms with Crippen LogP contribution in [0.4, 0.5) is 0 Å². The van der Waals surface area contributed by atoms with Gasteiger partial charge in [-0.1, -0.05) is 48.5 Å². The Morgan fingerprint density at radius 2 is 1.65 bits per heavy atom. The van der Waals surface area contributed by atoms with Crippen molar-refractivity contribution in [3.05, 3.63) is 66.2 Å². The Kier molecular flexibility index (Phi) is 6.18. The summed E-state index contributed by atoms with van der Waals surface area (Å²) in [5.74, 6) is 0.552. The van der Waals surface area contributed by atoms with Gasteiger partial charge in [0.25, 0.3) is 5.91 Å². The van der Waals surface area contributed by atoms with Gasteiger partial charge in [-0.05, 0) is 31.0 Å². The summed E-state index contributed by atoms with van der Waals surface area (Å²) in [6.07, 6.45) is -0.100. The van der Waals surface area contributed by atoms with Gasteiger partial charge in [0.15, 0.2) is 6.10 Å². The fourth-order valence-corrected chi connectivity index (χ4v) is 2.58. The van der Waals surface area contributed by atoms with Crippen molar-refractivity contribution in [1.82, 2.24) is 4.90 Å². The normalized spacial score (nSPS) is 13.2. The maximum Gasteiger partial charge on any atom is 0.263 e. The van der Waals surface area contributed by atoms with E-state index >= 15 is 0 Å². The molecule has 4 heteroatoms. The number of aliphatic hydroxyl groups excluding tert-OH is 1. The van der Waals surface area contributed by atoms with Crippen molar-refractivity contribution < 1.29 is 14.6 Å². The summed E-state index contributed by atoms with van der Waals surface area (Å²) in [4.78, 5) is 14.3. The summed E-state index contributed by atoms with van der Waals surface area (Å²) in [6.45, 7) is 1.76. The summed E-state index contributed by atoms with van der Waals surface area (Å²) < 4.78 is 5.71. The molecule has 0 aliphatic carbocycles. The van der Waals surface area contributed by atoms with Gasteiger partial charge in [-0.3, -0.25) is 4.79 Å². The first-order valence-electron chi connectivity index (χ1n) is 7.77. The highest BCUT2D eigenvalue weighted by Crippen LogP contribution is 2.24. The third-order valence-corrected chi connectivity index (χ3v) is 3.81. The first kappa shape index (κ1) is 17.0. The van der Waals surface area contributed by atoms with Crippen LogP contribution >= 0.6 is 0 Å². The maximum atomic E-state index is 12.7. The van der Waals surface area contributed by atoms with Crippen LogP contribution in [0.25, 0.3) is 0 Å². The molecular weight excluding hydrogens is 290 g/mol. The quantitative estimate of drug-likeness (QED) is 0.855. The van der Waals surface area contributed by atoms with Crippen molar-refractivity contribution in [2.24, 2.45) is 0 Å². The molecule has 2 rings (SSSR count). The van der Waals surface area contributed by atoms with Crippen LogP contribution in [0.3, 0.4) is 0 Å². The molecule has 2 aromatic rings. The number of aliphatic hydroxyl groups is 1. The van der Waals surface area contributed by atoms with Crippen molar-refractivity contribution >= 4 is 5.91 Å². The summed E-state index contributed by atoms with van der Waals surface area (Å²) in [6, 6.07) is 18.8. The maximum absolute atomic E-state index is 12.7. The number of nitrogens with zero attached hydrogens (tertiary/aromatic N) is 1. The molecule has 23 heavy (non-hydrogen) atoms. The van der Waals surface area contributed by atoms with Crippen molar-refractivity contribution in [3.8, 4) is 5.75 Å². The lowest BCUT2D eigenvalue weighted by Gasteiger charge is -2.30. The highest BCUT2D eigenvalue weighted by atomic mass is 16.5. The lowest BCUT2D eigenvalue weighted by atomic mass is 10.0. The van der Waals surface area contributed by atoms with E-state index < -0.39 is 6.10 Å². The lowest BCUT2D eigenvalue weighted by molar-refractivity contribution is -0.139. The van der Waals surface area contributed by atoms with E-state index in [1.54, 1.807) is 18.9 Å². The van der Waals surface area contributed by atoms with Gasteiger partial charge >= 0.3 is 0 Å². The average molecular weight is 313 g/mol. The minimum absolute atomic E-state index is 0.0190. The molecule has 0 bridgehead atoms. The van der Waals surface area contributed by atoms with Crippen LogP contribution in [0.2, 0.25) is 0 Å². The van der Waals surface area contributed by atoms with E-state index in [0.717, 1.165) is 5.56 Å². The zero-order valence-corrected chi connectivity index (χ0v) is 13.6. The van der Waals surface area contributed by atoms with E-state index in [1.807, 2.05) is 60.7 Å². The summed E-state index contributed by atoms with van der Waals surface area (Å²) >= 11 is 0. The molecule has 0 heterocycles. The number of rotatable bonds is 7. The molecule has 2 atom stereocenters. The number of amides is 1. The average Bonchev–Trinajstić information content (AvgIpc) is 2.60. The van der Waals surface area contributed by atoms with Gasteiger partial charge < -0.3 is 14.7 Å². The summed E-state index contributed by atoms with van der Waals surface area (Å²) in [7, 11) is 1.75. The summed E-state index contributed by atoms with van der Waals surface area (Å²) in [5.41, 5.74) is 1.00. The largest absolute Gasteiger partial charge is 0.481 e. The van der Waals surface area contributed by atoms with Crippen molar-refractivity contribution in [3.63, 3.8) is 0 Å². The number of likely N-dealkylation sites (N-methyl/N-ethyl adjacent to an activating group) is 1. The Bertz CT molecular complexity index is 601. The number of carbonyl (C=O) groups is 1. The van der Waals surface area contributed by atoms with Gasteiger partial charge in [0, 0.05) is 13.7 Å². The number of hydrogen-bond donors (Lipinski definition) is 1. The van der Waals surface area contributed by atoms with E-state index in [4.69, 9.17) is 4.74 Å². The van der Waals surface area contributed by atoms with E-state index in [-0.39, 0.29) is 18.6 Å². The smallest absolute Gasteiger partial charge is 0.263 e. The standard InChI is InChI=1S/C19H23NO3/c1-15(23-17-11-7-4-8-12-17)19(22)20(2)18(13-14-21)16-9-5-3-6-10-16/h3-12,15,18,21H,13-14H2,1-2H3. The molecule has 4 nitrogen and oxygen atoms in total. The monoisotopic (exact) mass is 313 g/mol. The molecule has 2 unspecified atom stereocenters. The predicted molar refractivity (Wildman–Crippen MR) is 90.2 cm³/mol. The van der Waals surface area contributed by atoms with E-state index in [2.05, 4.69) is 0 Å². The molecule has 0 spiro atoms. The molecule has 0 radical (unpaired) electrons. The third kappa shape index (κ3) is 4.57. The Balaban J connectivity index is 2.09. The Morgan fingerprint density at radius 3 is 2.22 bits per heavy atom. The second-order valence-corrected chi connectivity index (χ2v) is 5.46. The highest BCUT2D eigenvalue weighted by Gasteiger charge is 2.26. The Hall–Kier alpha value is -2.33. The number of carbonyl (C=O) groups excluding carboxylic acids is 1. The lowest BCUT2D eigenvalue weighted by Crippen LogP contribution is -2.40. The number of benzene rings is 2. The Morgan fingerprint density at radius 1 is 1.09 bits per heavy atom. The van der Waals surface area contributed by atoms with Gasteiger partial charge in [0.1, 0.15) is 5.75 Å². The number of para-hydroxylation sites is 1. The van der Waals surface area contributed by atoms with Gasteiger partial charge in [0.05, 0.1) is 6.04 Å². The van der Waals surface area contributed by atoms with E-state index in [0.29, 0.717) is 12.2 Å². The van der Waals surface area contributed by atoms with E-state index in [1.165, 1.54) is 0 Å². The SMILES string of the molecule is CC(Oc1ccccc1)C(=O)N(C)C(CCO)c1ccccc1. The zero-order chi connectivity index (χ0) is 16.7. The topological polar surface area (TPSA) is 49.8 Å². The van der Waals surface area contributed by atoms with Crippen LogP contribution in [0, 0.1) is 0 Å². The second-order valence-electron chi connectivity index (χ2n) is 5.46. The van der Waals surface area contributed by atoms with Crippen molar-refractivity contribution in [2.75, 3.05) is 13.7 Å². The predicted octanol–water partition coefficient (Wildman–Crippen LogP) is 3.04.